The molecule has 0 bridgehead atoms. The van der Waals surface area contributed by atoms with Crippen molar-refractivity contribution >= 4 is 11.9 Å². The minimum absolute atomic E-state index is 0.195. The molecule has 1 aromatic carbocycles. The number of methoxy groups -OCH3 is 1. The number of imide groups is 1. The summed E-state index contributed by atoms with van der Waals surface area (Å²) in [6, 6.07) is 7.09. The molecule has 1 atom stereocenters. The van der Waals surface area contributed by atoms with Gasteiger partial charge in [0.25, 0.3) is 0 Å². The summed E-state index contributed by atoms with van der Waals surface area (Å²) >= 11 is 0. The van der Waals surface area contributed by atoms with E-state index in [1.54, 1.807) is 7.11 Å². The van der Waals surface area contributed by atoms with Gasteiger partial charge in [0.2, 0.25) is 5.91 Å². The summed E-state index contributed by atoms with van der Waals surface area (Å²) in [7, 11) is 1.65. The molecule has 3 amide bonds. The second-order valence-corrected chi connectivity index (χ2v) is 8.38. The van der Waals surface area contributed by atoms with E-state index in [0.717, 1.165) is 69.9 Å². The number of hydrogen-bond donors (Lipinski definition) is 2. The van der Waals surface area contributed by atoms with E-state index in [4.69, 9.17) is 9.47 Å². The summed E-state index contributed by atoms with van der Waals surface area (Å²) in [5.41, 5.74) is 0. The Kier molecular flexibility index (Phi) is 8.97. The Bertz CT molecular complexity index is 698. The molecule has 1 aromatic rings. The molecule has 2 N–H and O–H groups in total. The van der Waals surface area contributed by atoms with Crippen molar-refractivity contribution in [2.24, 2.45) is 0 Å². The van der Waals surface area contributed by atoms with Gasteiger partial charge in [0.1, 0.15) is 18.1 Å². The number of amides is 3. The van der Waals surface area contributed by atoms with Gasteiger partial charge in [0.15, 0.2) is 0 Å². The Morgan fingerprint density at radius 2 is 1.68 bits per heavy atom. The van der Waals surface area contributed by atoms with Crippen LogP contribution >= 0.6 is 0 Å². The van der Waals surface area contributed by atoms with Crippen LogP contribution in [0.4, 0.5) is 4.79 Å². The van der Waals surface area contributed by atoms with Crippen molar-refractivity contribution in [1.29, 1.82) is 0 Å². The molecule has 8 nitrogen and oxygen atoms in total. The second-order valence-electron chi connectivity index (χ2n) is 8.38. The van der Waals surface area contributed by atoms with Crippen molar-refractivity contribution < 1.29 is 19.1 Å². The van der Waals surface area contributed by atoms with Gasteiger partial charge in [0, 0.05) is 38.8 Å². The summed E-state index contributed by atoms with van der Waals surface area (Å²) in [6.07, 6.45) is 5.52. The molecule has 0 spiro atoms. The Morgan fingerprint density at radius 1 is 1.03 bits per heavy atom. The largest absolute Gasteiger partial charge is 0.497 e. The summed E-state index contributed by atoms with van der Waals surface area (Å²) in [5.74, 6) is 1.41. The molecule has 0 aromatic heterocycles. The molecule has 0 radical (unpaired) electrons. The fourth-order valence-corrected chi connectivity index (χ4v) is 4.19. The third-order valence-electron chi connectivity index (χ3n) is 6.25. The average molecular weight is 433 g/mol. The van der Waals surface area contributed by atoms with E-state index in [1.165, 1.54) is 6.42 Å². The van der Waals surface area contributed by atoms with Crippen LogP contribution < -0.4 is 20.1 Å². The van der Waals surface area contributed by atoms with Crippen LogP contribution in [0, 0.1) is 0 Å². The zero-order chi connectivity index (χ0) is 22.1. The number of urea groups is 1. The van der Waals surface area contributed by atoms with Gasteiger partial charge in [-0.3, -0.25) is 19.9 Å². The number of ether oxygens (including phenoxy) is 2. The maximum Gasteiger partial charge on any atom is 0.321 e. The first-order valence-electron chi connectivity index (χ1n) is 11.4. The summed E-state index contributed by atoms with van der Waals surface area (Å²) in [6.45, 7) is 6.65. The van der Waals surface area contributed by atoms with Crippen LogP contribution in [-0.2, 0) is 4.79 Å². The highest BCUT2D eigenvalue weighted by molar-refractivity contribution is 5.96. The van der Waals surface area contributed by atoms with E-state index in [9.17, 15) is 9.59 Å². The van der Waals surface area contributed by atoms with E-state index >= 15 is 0 Å². The van der Waals surface area contributed by atoms with Gasteiger partial charge in [0.05, 0.1) is 13.2 Å². The zero-order valence-corrected chi connectivity index (χ0v) is 18.8. The zero-order valence-electron chi connectivity index (χ0n) is 18.8. The molecular formula is C23H36N4O4. The quantitative estimate of drug-likeness (QED) is 0.656. The van der Waals surface area contributed by atoms with Gasteiger partial charge in [-0.05, 0) is 44.0 Å². The fourth-order valence-electron chi connectivity index (χ4n) is 4.19. The van der Waals surface area contributed by atoms with Crippen LogP contribution in [0.15, 0.2) is 24.3 Å². The SMILES string of the molecule is COc1ccc(OCCN2CCN([C@H](C)C(=O)NC(=O)NC3CCCCC3)CC2)cc1. The van der Waals surface area contributed by atoms with Gasteiger partial charge < -0.3 is 14.8 Å². The molecular weight excluding hydrogens is 396 g/mol. The maximum absolute atomic E-state index is 12.5. The first kappa shape index (κ1) is 23.3. The Morgan fingerprint density at radius 3 is 2.32 bits per heavy atom. The molecule has 172 valence electrons. The van der Waals surface area contributed by atoms with Crippen LogP contribution in [-0.4, -0.2) is 80.3 Å². The number of carbonyl (C=O) groups excluding carboxylic acids is 2. The first-order valence-corrected chi connectivity index (χ1v) is 11.4. The van der Waals surface area contributed by atoms with Gasteiger partial charge in [-0.25, -0.2) is 4.79 Å². The lowest BCUT2D eigenvalue weighted by Gasteiger charge is -2.37. The van der Waals surface area contributed by atoms with Crippen molar-refractivity contribution in [3.05, 3.63) is 24.3 Å². The van der Waals surface area contributed by atoms with E-state index in [2.05, 4.69) is 20.4 Å². The standard InChI is InChI=1S/C23H36N4O4/c1-18(22(28)25-23(29)24-19-6-4-3-5-7-19)27-14-12-26(13-15-27)16-17-31-21-10-8-20(30-2)9-11-21/h8-11,18-19H,3-7,12-17H2,1-2H3,(H2,24,25,28,29)/t18-/m1/s1. The second kappa shape index (κ2) is 11.9. The highest BCUT2D eigenvalue weighted by atomic mass is 16.5. The predicted molar refractivity (Wildman–Crippen MR) is 120 cm³/mol. The van der Waals surface area contributed by atoms with E-state index in [-0.39, 0.29) is 24.0 Å². The molecule has 0 unspecified atom stereocenters. The molecule has 1 aliphatic heterocycles. The normalized spacial score (nSPS) is 19.4. The highest BCUT2D eigenvalue weighted by Crippen LogP contribution is 2.18. The number of carbonyl (C=O) groups is 2. The molecule has 1 saturated carbocycles. The van der Waals surface area contributed by atoms with Crippen LogP contribution in [0.5, 0.6) is 11.5 Å². The topological polar surface area (TPSA) is 83.1 Å². The first-order chi connectivity index (χ1) is 15.0. The number of hydrogen-bond acceptors (Lipinski definition) is 6. The van der Waals surface area contributed by atoms with E-state index < -0.39 is 0 Å². The molecule has 1 saturated heterocycles. The molecule has 8 heteroatoms. The lowest BCUT2D eigenvalue weighted by molar-refractivity contribution is -0.125. The van der Waals surface area contributed by atoms with Gasteiger partial charge >= 0.3 is 6.03 Å². The van der Waals surface area contributed by atoms with E-state index in [1.807, 2.05) is 31.2 Å². The number of piperazine rings is 1. The lowest BCUT2D eigenvalue weighted by atomic mass is 9.96. The van der Waals surface area contributed by atoms with Gasteiger partial charge in [-0.1, -0.05) is 19.3 Å². The number of nitrogens with zero attached hydrogens (tertiary/aromatic N) is 2. The smallest absolute Gasteiger partial charge is 0.321 e. The van der Waals surface area contributed by atoms with Crippen molar-refractivity contribution in [2.45, 2.75) is 51.1 Å². The van der Waals surface area contributed by atoms with Gasteiger partial charge in [-0.2, -0.15) is 0 Å². The molecule has 1 aliphatic carbocycles. The molecule has 2 aliphatic rings. The molecule has 1 heterocycles. The Balaban J connectivity index is 1.32. The Labute approximate surface area is 185 Å². The van der Waals surface area contributed by atoms with Crippen molar-refractivity contribution in [1.82, 2.24) is 20.4 Å². The molecule has 3 rings (SSSR count). The number of nitrogens with one attached hydrogen (secondary N) is 2. The average Bonchev–Trinajstić information content (AvgIpc) is 2.80. The Hall–Kier alpha value is -2.32. The van der Waals surface area contributed by atoms with Crippen LogP contribution in [0.25, 0.3) is 0 Å². The fraction of sp³-hybridized carbons (Fsp3) is 0.652. The third kappa shape index (κ3) is 7.40. The minimum Gasteiger partial charge on any atom is -0.497 e. The van der Waals surface area contributed by atoms with Crippen LogP contribution in [0.1, 0.15) is 39.0 Å². The molecule has 2 fully saturated rings. The van der Waals surface area contributed by atoms with Crippen molar-refractivity contribution in [3.8, 4) is 11.5 Å². The lowest BCUT2D eigenvalue weighted by Crippen LogP contribution is -2.56. The third-order valence-corrected chi connectivity index (χ3v) is 6.25. The molecule has 31 heavy (non-hydrogen) atoms. The van der Waals surface area contributed by atoms with E-state index in [0.29, 0.717) is 6.61 Å². The highest BCUT2D eigenvalue weighted by Gasteiger charge is 2.27. The van der Waals surface area contributed by atoms with Crippen molar-refractivity contribution in [3.63, 3.8) is 0 Å². The predicted octanol–water partition coefficient (Wildman–Crippen LogP) is 2.24. The van der Waals surface area contributed by atoms with Gasteiger partial charge in [-0.15, -0.1) is 0 Å². The number of benzene rings is 1. The van der Waals surface area contributed by atoms with Crippen LogP contribution in [0.2, 0.25) is 0 Å². The monoisotopic (exact) mass is 432 g/mol. The van der Waals surface area contributed by atoms with Crippen LogP contribution in [0.3, 0.4) is 0 Å². The minimum atomic E-state index is -0.363. The number of rotatable bonds is 8. The summed E-state index contributed by atoms with van der Waals surface area (Å²) in [4.78, 5) is 29.1. The summed E-state index contributed by atoms with van der Waals surface area (Å²) in [5, 5.41) is 5.46. The van der Waals surface area contributed by atoms with Crippen molar-refractivity contribution in [2.75, 3.05) is 46.4 Å². The summed E-state index contributed by atoms with van der Waals surface area (Å²) < 4.78 is 11.0. The maximum atomic E-state index is 12.5.